The number of unbranched alkanes of at least 4 members (excludes halogenated alkanes) is 1. The molecular weight excluding hydrogens is 360 g/mol. The van der Waals surface area contributed by atoms with Crippen molar-refractivity contribution in [1.82, 2.24) is 18.4 Å². The third-order valence-corrected chi connectivity index (χ3v) is 6.89. The first kappa shape index (κ1) is 18.2. The quantitative estimate of drug-likeness (QED) is 0.772. The summed E-state index contributed by atoms with van der Waals surface area (Å²) in [6, 6.07) is 4.98. The normalized spacial score (nSPS) is 19.2. The smallest absolute Gasteiger partial charge is 0.245 e. The molecule has 7 nitrogen and oxygen atoms in total. The van der Waals surface area contributed by atoms with Crippen molar-refractivity contribution in [1.29, 1.82) is 0 Å². The third kappa shape index (κ3) is 3.83. The summed E-state index contributed by atoms with van der Waals surface area (Å²) in [5.41, 5.74) is 0.985. The van der Waals surface area contributed by atoms with E-state index in [1.54, 1.807) is 18.2 Å². The first-order valence-corrected chi connectivity index (χ1v) is 10.7. The highest BCUT2D eigenvalue weighted by Crippen LogP contribution is 2.28. The lowest BCUT2D eigenvalue weighted by atomic mass is 9.99. The molecule has 1 saturated heterocycles. The summed E-state index contributed by atoms with van der Waals surface area (Å²) in [5.74, 6) is -0.352. The van der Waals surface area contributed by atoms with Gasteiger partial charge in [0.1, 0.15) is 15.9 Å². The molecule has 1 aromatic heterocycles. The molecule has 1 atom stereocenters. The SMILES string of the molecule is CCCCNC(=O)[C@@H]1CCCN(S(=O)(=O)c2cccc3nsnc23)C1. The number of amides is 1. The average molecular weight is 383 g/mol. The largest absolute Gasteiger partial charge is 0.356 e. The van der Waals surface area contributed by atoms with E-state index in [4.69, 9.17) is 0 Å². The number of aromatic nitrogens is 2. The Morgan fingerprint density at radius 3 is 3.04 bits per heavy atom. The number of nitrogens with zero attached hydrogens (tertiary/aromatic N) is 3. The Kier molecular flexibility index (Phi) is 5.65. The molecule has 1 amide bonds. The number of nitrogens with one attached hydrogen (secondary N) is 1. The molecule has 0 unspecified atom stereocenters. The first-order chi connectivity index (χ1) is 12.0. The van der Waals surface area contributed by atoms with Crippen molar-refractivity contribution in [2.24, 2.45) is 5.92 Å². The van der Waals surface area contributed by atoms with Gasteiger partial charge in [-0.15, -0.1) is 0 Å². The Morgan fingerprint density at radius 1 is 1.40 bits per heavy atom. The molecule has 1 aliphatic heterocycles. The Balaban J connectivity index is 1.78. The number of piperidine rings is 1. The Hall–Kier alpha value is -1.58. The molecule has 25 heavy (non-hydrogen) atoms. The minimum absolute atomic E-state index is 0.0538. The first-order valence-electron chi connectivity index (χ1n) is 8.53. The number of fused-ring (bicyclic) bond motifs is 1. The predicted molar refractivity (Wildman–Crippen MR) is 96.8 cm³/mol. The van der Waals surface area contributed by atoms with Crippen molar-refractivity contribution in [2.75, 3.05) is 19.6 Å². The molecule has 0 saturated carbocycles. The highest BCUT2D eigenvalue weighted by molar-refractivity contribution is 7.89. The van der Waals surface area contributed by atoms with Crippen molar-refractivity contribution >= 4 is 38.7 Å². The van der Waals surface area contributed by atoms with Gasteiger partial charge >= 0.3 is 0 Å². The molecule has 136 valence electrons. The molecule has 9 heteroatoms. The zero-order valence-electron chi connectivity index (χ0n) is 14.1. The highest BCUT2D eigenvalue weighted by atomic mass is 32.2. The van der Waals surface area contributed by atoms with Crippen molar-refractivity contribution in [3.8, 4) is 0 Å². The summed E-state index contributed by atoms with van der Waals surface area (Å²) in [6.45, 7) is 3.35. The van der Waals surface area contributed by atoms with Crippen LogP contribution in [0.2, 0.25) is 0 Å². The van der Waals surface area contributed by atoms with Crippen molar-refractivity contribution in [3.63, 3.8) is 0 Å². The molecule has 0 aliphatic carbocycles. The lowest BCUT2D eigenvalue weighted by molar-refractivity contribution is -0.126. The second kappa shape index (κ2) is 7.76. The van der Waals surface area contributed by atoms with Crippen LogP contribution in [0.4, 0.5) is 0 Å². The highest BCUT2D eigenvalue weighted by Gasteiger charge is 2.34. The molecule has 1 fully saturated rings. The lowest BCUT2D eigenvalue weighted by Gasteiger charge is -2.31. The van der Waals surface area contributed by atoms with E-state index < -0.39 is 10.0 Å². The van der Waals surface area contributed by atoms with E-state index in [0.29, 0.717) is 37.0 Å². The minimum Gasteiger partial charge on any atom is -0.356 e. The van der Waals surface area contributed by atoms with E-state index in [1.165, 1.54) is 4.31 Å². The van der Waals surface area contributed by atoms with Crippen LogP contribution in [0.15, 0.2) is 23.1 Å². The van der Waals surface area contributed by atoms with Crippen LogP contribution in [0.1, 0.15) is 32.6 Å². The van der Waals surface area contributed by atoms with Crippen molar-refractivity contribution in [2.45, 2.75) is 37.5 Å². The Morgan fingerprint density at radius 2 is 2.24 bits per heavy atom. The lowest BCUT2D eigenvalue weighted by Crippen LogP contribution is -2.45. The maximum atomic E-state index is 13.1. The van der Waals surface area contributed by atoms with E-state index in [1.807, 2.05) is 0 Å². The molecule has 1 aromatic carbocycles. The van der Waals surface area contributed by atoms with Gasteiger partial charge in [0, 0.05) is 19.6 Å². The predicted octanol–water partition coefficient (Wildman–Crippen LogP) is 2.01. The van der Waals surface area contributed by atoms with Crippen molar-refractivity contribution in [3.05, 3.63) is 18.2 Å². The molecule has 0 spiro atoms. The van der Waals surface area contributed by atoms with Gasteiger partial charge < -0.3 is 5.32 Å². The van der Waals surface area contributed by atoms with Crippen LogP contribution in [-0.2, 0) is 14.8 Å². The van der Waals surface area contributed by atoms with Crippen molar-refractivity contribution < 1.29 is 13.2 Å². The van der Waals surface area contributed by atoms with Gasteiger partial charge in [0.05, 0.1) is 17.6 Å². The van der Waals surface area contributed by atoms with Crippen LogP contribution in [0.25, 0.3) is 11.0 Å². The fourth-order valence-electron chi connectivity index (χ4n) is 3.04. The minimum atomic E-state index is -3.69. The molecule has 1 aliphatic rings. The molecule has 1 N–H and O–H groups in total. The topological polar surface area (TPSA) is 92.3 Å². The van der Waals surface area contributed by atoms with Gasteiger partial charge in [0.25, 0.3) is 0 Å². The Labute approximate surface area is 151 Å². The molecule has 2 heterocycles. The number of carbonyl (C=O) groups excluding carboxylic acids is 1. The standard InChI is InChI=1S/C16H22N4O3S2/c1-2-3-9-17-16(21)12-6-5-10-20(11-12)25(22,23)14-8-4-7-13-15(14)19-24-18-13/h4,7-8,12H,2-3,5-6,9-11H2,1H3,(H,17,21)/t12-/m1/s1. The Bertz CT molecular complexity index is 850. The maximum Gasteiger partial charge on any atom is 0.245 e. The molecule has 2 aromatic rings. The fourth-order valence-corrected chi connectivity index (χ4v) is 5.31. The van der Waals surface area contributed by atoms with E-state index in [0.717, 1.165) is 24.6 Å². The van der Waals surface area contributed by atoms with Crippen LogP contribution >= 0.6 is 11.7 Å². The van der Waals surface area contributed by atoms with Crippen LogP contribution < -0.4 is 5.32 Å². The van der Waals surface area contributed by atoms with Gasteiger partial charge in [-0.05, 0) is 31.4 Å². The zero-order chi connectivity index (χ0) is 17.9. The summed E-state index contributed by atoms with van der Waals surface area (Å²) in [5, 5.41) is 2.91. The summed E-state index contributed by atoms with van der Waals surface area (Å²) in [6.07, 6.45) is 3.33. The summed E-state index contributed by atoms with van der Waals surface area (Å²) in [7, 11) is -3.69. The fraction of sp³-hybridized carbons (Fsp3) is 0.562. The van der Waals surface area contributed by atoms with Crippen LogP contribution in [-0.4, -0.2) is 47.0 Å². The number of sulfonamides is 1. The second-order valence-corrected chi connectivity index (χ2v) is 8.67. The number of hydrogen-bond acceptors (Lipinski definition) is 6. The van der Waals surface area contributed by atoms with E-state index in [2.05, 4.69) is 21.0 Å². The van der Waals surface area contributed by atoms with Crippen LogP contribution in [0.5, 0.6) is 0 Å². The second-order valence-electron chi connectivity index (χ2n) is 6.23. The zero-order valence-corrected chi connectivity index (χ0v) is 15.8. The summed E-state index contributed by atoms with van der Waals surface area (Å²) >= 11 is 0.999. The van der Waals surface area contributed by atoms with Gasteiger partial charge in [0.2, 0.25) is 15.9 Å². The molecular formula is C16H22N4O3S2. The van der Waals surface area contributed by atoms with Gasteiger partial charge in [-0.3, -0.25) is 4.79 Å². The van der Waals surface area contributed by atoms with E-state index in [-0.39, 0.29) is 23.3 Å². The maximum absolute atomic E-state index is 13.1. The van der Waals surface area contributed by atoms with E-state index in [9.17, 15) is 13.2 Å². The van der Waals surface area contributed by atoms with Gasteiger partial charge in [-0.25, -0.2) is 8.42 Å². The summed E-state index contributed by atoms with van der Waals surface area (Å²) < 4.78 is 35.8. The average Bonchev–Trinajstić information content (AvgIpc) is 3.10. The van der Waals surface area contributed by atoms with Gasteiger partial charge in [-0.1, -0.05) is 19.4 Å². The number of hydrogen-bond donors (Lipinski definition) is 1. The van der Waals surface area contributed by atoms with Crippen LogP contribution in [0.3, 0.4) is 0 Å². The number of rotatable bonds is 6. The number of carbonyl (C=O) groups is 1. The monoisotopic (exact) mass is 382 g/mol. The van der Waals surface area contributed by atoms with E-state index >= 15 is 0 Å². The van der Waals surface area contributed by atoms with Crippen LogP contribution in [0, 0.1) is 5.92 Å². The molecule has 3 rings (SSSR count). The molecule has 0 bridgehead atoms. The van der Waals surface area contributed by atoms with Gasteiger partial charge in [-0.2, -0.15) is 13.1 Å². The molecule has 0 radical (unpaired) electrons. The summed E-state index contributed by atoms with van der Waals surface area (Å²) in [4.78, 5) is 12.5. The number of benzene rings is 1. The third-order valence-electron chi connectivity index (χ3n) is 4.45. The van der Waals surface area contributed by atoms with Gasteiger partial charge in [0.15, 0.2) is 0 Å².